The number of nitrogens with zero attached hydrogens (tertiary/aromatic N) is 2. The molecule has 2 heterocycles. The van der Waals surface area contributed by atoms with Crippen LogP contribution >= 0.6 is 22.7 Å². The zero-order valence-electron chi connectivity index (χ0n) is 25.4. The van der Waals surface area contributed by atoms with E-state index in [9.17, 15) is 4.79 Å². The first-order valence-corrected chi connectivity index (χ1v) is 15.0. The first kappa shape index (κ1) is 35.1. The van der Waals surface area contributed by atoms with Gasteiger partial charge in [0.1, 0.15) is 0 Å². The van der Waals surface area contributed by atoms with Crippen LogP contribution in [0.15, 0.2) is 83.9 Å². The standard InChI is InChI=1S/C28H42N3OP.C5H10.H2S/c1-8-20(5)16-26-28(29-25(9-2)22(7)31(26)21(6)19(3)4)14-12-23(13-15-28)17-30-18-24(33)10-11-27(30)32;1-3-5-4-2;/h9-11,16,18-20,23,29H,2,6,8,12-15,17,33H2,1,3-5,7H3;3H,1,4-5H2,2H3;1H2/b26-16-;;. The molecule has 1 aromatic rings. The maximum Gasteiger partial charge on any atom is 0.250 e. The molecule has 0 radical (unpaired) electrons. The molecule has 0 saturated heterocycles. The predicted octanol–water partition coefficient (Wildman–Crippen LogP) is 7.79. The number of hydrogen-bond acceptors (Lipinski definition) is 3. The molecule has 39 heavy (non-hydrogen) atoms. The third kappa shape index (κ3) is 9.02. The van der Waals surface area contributed by atoms with E-state index in [1.807, 2.05) is 29.0 Å². The Bertz CT molecular complexity index is 1090. The van der Waals surface area contributed by atoms with Gasteiger partial charge in [-0.15, -0.1) is 15.8 Å². The summed E-state index contributed by atoms with van der Waals surface area (Å²) in [6, 6.07) is 3.53. The van der Waals surface area contributed by atoms with E-state index in [2.05, 4.69) is 86.8 Å². The molecule has 1 aromatic heterocycles. The average Bonchev–Trinajstić information content (AvgIpc) is 2.90. The summed E-state index contributed by atoms with van der Waals surface area (Å²) in [6.45, 7) is 26.2. The van der Waals surface area contributed by atoms with Gasteiger partial charge in [0, 0.05) is 35.9 Å². The van der Waals surface area contributed by atoms with Crippen molar-refractivity contribution in [2.45, 2.75) is 98.6 Å². The third-order valence-corrected chi connectivity index (χ3v) is 8.33. The van der Waals surface area contributed by atoms with E-state index < -0.39 is 0 Å². The van der Waals surface area contributed by atoms with Gasteiger partial charge >= 0.3 is 0 Å². The second-order valence-electron chi connectivity index (χ2n) is 11.3. The SMILES string of the molecule is C=CC1=C(C)N(C(=C)C(C)C)/C(=C\C(C)CC)C2(CCC(Cn3cc(P)ccc3=O)CC2)N1.C=CCCC.S. The molecule has 3 rings (SSSR count). The third-order valence-electron chi connectivity index (χ3n) is 7.99. The monoisotopic (exact) mass is 571 g/mol. The Labute approximate surface area is 248 Å². The summed E-state index contributed by atoms with van der Waals surface area (Å²) in [4.78, 5) is 14.8. The summed E-state index contributed by atoms with van der Waals surface area (Å²) in [7, 11) is 2.69. The lowest BCUT2D eigenvalue weighted by molar-refractivity contribution is 0.176. The Balaban J connectivity index is 0.00000116. The van der Waals surface area contributed by atoms with Gasteiger partial charge in [0.05, 0.1) is 11.2 Å². The van der Waals surface area contributed by atoms with Gasteiger partial charge in [-0.1, -0.05) is 72.8 Å². The topological polar surface area (TPSA) is 37.3 Å². The van der Waals surface area contributed by atoms with Crippen molar-refractivity contribution in [3.05, 3.63) is 89.4 Å². The Morgan fingerprint density at radius 1 is 1.21 bits per heavy atom. The minimum absolute atomic E-state index is 0. The molecule has 218 valence electrons. The van der Waals surface area contributed by atoms with Crippen molar-refractivity contribution in [2.75, 3.05) is 0 Å². The minimum Gasteiger partial charge on any atom is -0.373 e. The molecule has 1 fully saturated rings. The van der Waals surface area contributed by atoms with Crippen LogP contribution in [0.4, 0.5) is 0 Å². The number of unbranched alkanes of at least 4 members (excludes halogenated alkanes) is 1. The normalized spacial score (nSPS) is 22.5. The fourth-order valence-electron chi connectivity index (χ4n) is 5.28. The van der Waals surface area contributed by atoms with E-state index in [0.717, 1.165) is 61.8 Å². The van der Waals surface area contributed by atoms with Gasteiger partial charge in [0.2, 0.25) is 0 Å². The van der Waals surface area contributed by atoms with Gasteiger partial charge < -0.3 is 14.8 Å². The van der Waals surface area contributed by atoms with Crippen LogP contribution in [0.5, 0.6) is 0 Å². The van der Waals surface area contributed by atoms with Crippen molar-refractivity contribution in [3.63, 3.8) is 0 Å². The van der Waals surface area contributed by atoms with E-state index in [-0.39, 0.29) is 24.6 Å². The highest BCUT2D eigenvalue weighted by atomic mass is 32.1. The Morgan fingerprint density at radius 3 is 2.33 bits per heavy atom. The molecular weight excluding hydrogens is 517 g/mol. The zero-order chi connectivity index (χ0) is 28.5. The van der Waals surface area contributed by atoms with E-state index in [1.165, 1.54) is 17.8 Å². The number of pyridine rings is 1. The molecule has 4 nitrogen and oxygen atoms in total. The highest BCUT2D eigenvalue weighted by molar-refractivity contribution is 7.59. The zero-order valence-corrected chi connectivity index (χ0v) is 27.5. The quantitative estimate of drug-likeness (QED) is 0.243. The molecule has 2 atom stereocenters. The van der Waals surface area contributed by atoms with Crippen LogP contribution in [0.1, 0.15) is 86.5 Å². The van der Waals surface area contributed by atoms with Crippen LogP contribution in [0.25, 0.3) is 0 Å². The molecule has 1 saturated carbocycles. The van der Waals surface area contributed by atoms with Crippen LogP contribution in [-0.4, -0.2) is 15.0 Å². The summed E-state index contributed by atoms with van der Waals surface area (Å²) in [5, 5.41) is 4.96. The van der Waals surface area contributed by atoms with Crippen molar-refractivity contribution in [3.8, 4) is 0 Å². The van der Waals surface area contributed by atoms with Crippen LogP contribution in [0, 0.1) is 17.8 Å². The molecule has 1 spiro atoms. The lowest BCUT2D eigenvalue weighted by atomic mass is 9.72. The second-order valence-corrected chi connectivity index (χ2v) is 12.0. The van der Waals surface area contributed by atoms with Crippen LogP contribution in [-0.2, 0) is 6.54 Å². The lowest BCUT2D eigenvalue weighted by Crippen LogP contribution is -2.56. The molecule has 2 aliphatic rings. The molecule has 1 aliphatic carbocycles. The molecular formula is C33H54N3OPS. The molecule has 0 aromatic carbocycles. The lowest BCUT2D eigenvalue weighted by Gasteiger charge is -2.52. The van der Waals surface area contributed by atoms with Crippen molar-refractivity contribution in [2.24, 2.45) is 17.8 Å². The van der Waals surface area contributed by atoms with Crippen molar-refractivity contribution in [1.82, 2.24) is 14.8 Å². The van der Waals surface area contributed by atoms with Gasteiger partial charge in [-0.2, -0.15) is 13.5 Å². The molecule has 2 unspecified atom stereocenters. The smallest absolute Gasteiger partial charge is 0.250 e. The molecule has 0 bridgehead atoms. The molecule has 1 aliphatic heterocycles. The Morgan fingerprint density at radius 2 is 1.85 bits per heavy atom. The van der Waals surface area contributed by atoms with Gasteiger partial charge in [-0.3, -0.25) is 4.79 Å². The van der Waals surface area contributed by atoms with E-state index >= 15 is 0 Å². The van der Waals surface area contributed by atoms with Gasteiger partial charge in [0.25, 0.3) is 5.56 Å². The summed E-state index contributed by atoms with van der Waals surface area (Å²) in [5.41, 5.74) is 4.71. The minimum atomic E-state index is -0.131. The number of rotatable bonds is 9. The fraction of sp³-hybridized carbons (Fsp3) is 0.545. The van der Waals surface area contributed by atoms with Crippen LogP contribution in [0.2, 0.25) is 0 Å². The largest absolute Gasteiger partial charge is 0.373 e. The highest BCUT2D eigenvalue weighted by Gasteiger charge is 2.45. The van der Waals surface area contributed by atoms with Gasteiger partial charge in [-0.05, 0) is 74.2 Å². The average molecular weight is 572 g/mol. The van der Waals surface area contributed by atoms with Crippen LogP contribution < -0.4 is 16.2 Å². The summed E-state index contributed by atoms with van der Waals surface area (Å²) >= 11 is 0. The number of allylic oxidation sites excluding steroid dienone is 5. The Kier molecular flexibility index (Phi) is 14.7. The highest BCUT2D eigenvalue weighted by Crippen LogP contribution is 2.46. The number of nitrogens with one attached hydrogen (secondary N) is 1. The van der Waals surface area contributed by atoms with Crippen molar-refractivity contribution in [1.29, 1.82) is 0 Å². The van der Waals surface area contributed by atoms with E-state index in [4.69, 9.17) is 0 Å². The predicted molar refractivity (Wildman–Crippen MR) is 180 cm³/mol. The summed E-state index contributed by atoms with van der Waals surface area (Å²) in [5.74, 6) is 1.33. The number of aromatic nitrogens is 1. The first-order valence-electron chi connectivity index (χ1n) is 14.4. The molecule has 1 N–H and O–H groups in total. The van der Waals surface area contributed by atoms with Crippen molar-refractivity contribution >= 4 is 28.0 Å². The van der Waals surface area contributed by atoms with Crippen LogP contribution in [0.3, 0.4) is 0 Å². The van der Waals surface area contributed by atoms with E-state index in [0.29, 0.717) is 17.8 Å². The van der Waals surface area contributed by atoms with E-state index in [1.54, 1.807) is 6.07 Å². The fourth-order valence-corrected chi connectivity index (χ4v) is 5.56. The van der Waals surface area contributed by atoms with Gasteiger partial charge in [-0.25, -0.2) is 0 Å². The van der Waals surface area contributed by atoms with Crippen molar-refractivity contribution < 1.29 is 0 Å². The van der Waals surface area contributed by atoms with Gasteiger partial charge in [0.15, 0.2) is 0 Å². The maximum absolute atomic E-state index is 12.3. The number of hydrogen-bond donors (Lipinski definition) is 1. The Hall–Kier alpha value is -1.97. The second kappa shape index (κ2) is 16.3. The summed E-state index contributed by atoms with van der Waals surface area (Å²) in [6.07, 6.45) is 16.0. The first-order chi connectivity index (χ1) is 18.0. The summed E-state index contributed by atoms with van der Waals surface area (Å²) < 4.78 is 1.88. The maximum atomic E-state index is 12.3. The molecule has 0 amide bonds. The molecule has 6 heteroatoms.